The van der Waals surface area contributed by atoms with Gasteiger partial charge >= 0.3 is 0 Å². The zero-order valence-corrected chi connectivity index (χ0v) is 12.8. The lowest BCUT2D eigenvalue weighted by Crippen LogP contribution is -2.48. The van der Waals surface area contributed by atoms with Crippen LogP contribution in [0.15, 0.2) is 0 Å². The van der Waals surface area contributed by atoms with Gasteiger partial charge in [-0.3, -0.25) is 4.90 Å². The second-order valence-corrected chi connectivity index (χ2v) is 6.71. The van der Waals surface area contributed by atoms with E-state index in [2.05, 4.69) is 18.7 Å². The Morgan fingerprint density at radius 2 is 1.84 bits per heavy atom. The quantitative estimate of drug-likeness (QED) is 0.779. The number of hydrogen-bond acceptors (Lipinski definition) is 3. The van der Waals surface area contributed by atoms with Gasteiger partial charge in [-0.15, -0.1) is 0 Å². The van der Waals surface area contributed by atoms with Crippen LogP contribution in [-0.2, 0) is 4.74 Å². The number of hydrogen-bond donors (Lipinski definition) is 1. The monoisotopic (exact) mass is 268 g/mol. The summed E-state index contributed by atoms with van der Waals surface area (Å²) in [5.74, 6) is 1.80. The second kappa shape index (κ2) is 7.61. The van der Waals surface area contributed by atoms with Gasteiger partial charge in [-0.05, 0) is 50.5 Å². The molecule has 0 bridgehead atoms. The Hall–Kier alpha value is -0.120. The van der Waals surface area contributed by atoms with Gasteiger partial charge in [-0.25, -0.2) is 0 Å². The fourth-order valence-corrected chi connectivity index (χ4v) is 3.72. The van der Waals surface area contributed by atoms with Crippen LogP contribution in [0.2, 0.25) is 0 Å². The van der Waals surface area contributed by atoms with Crippen molar-refractivity contribution < 1.29 is 4.74 Å². The van der Waals surface area contributed by atoms with Crippen LogP contribution in [0.1, 0.15) is 52.4 Å². The first kappa shape index (κ1) is 15.3. The lowest BCUT2D eigenvalue weighted by molar-refractivity contribution is -0.0168. The first-order valence-corrected chi connectivity index (χ1v) is 8.26. The van der Waals surface area contributed by atoms with Crippen LogP contribution in [0.5, 0.6) is 0 Å². The van der Waals surface area contributed by atoms with E-state index in [9.17, 15) is 0 Å². The normalized spacial score (nSPS) is 34.6. The van der Waals surface area contributed by atoms with E-state index in [-0.39, 0.29) is 0 Å². The zero-order valence-electron chi connectivity index (χ0n) is 12.8. The number of piperidine rings is 1. The highest BCUT2D eigenvalue weighted by molar-refractivity contribution is 4.86. The smallest absolute Gasteiger partial charge is 0.0599 e. The van der Waals surface area contributed by atoms with Crippen LogP contribution in [0.25, 0.3) is 0 Å². The Balaban J connectivity index is 1.73. The summed E-state index contributed by atoms with van der Waals surface area (Å²) in [6, 6.07) is 0.828. The highest BCUT2D eigenvalue weighted by Gasteiger charge is 2.32. The molecule has 0 aromatic heterocycles. The van der Waals surface area contributed by atoms with Gasteiger partial charge in [0.2, 0.25) is 0 Å². The SMILES string of the molecule is CC1CCC(C)C(N2CCC(OCCCN)CC2)C1. The summed E-state index contributed by atoms with van der Waals surface area (Å²) in [7, 11) is 0. The van der Waals surface area contributed by atoms with Gasteiger partial charge in [0.15, 0.2) is 0 Å². The fourth-order valence-electron chi connectivity index (χ4n) is 3.72. The van der Waals surface area contributed by atoms with Crippen molar-refractivity contribution in [2.24, 2.45) is 17.6 Å². The molecule has 19 heavy (non-hydrogen) atoms. The lowest BCUT2D eigenvalue weighted by atomic mass is 9.78. The maximum absolute atomic E-state index is 5.90. The van der Waals surface area contributed by atoms with Crippen molar-refractivity contribution in [2.75, 3.05) is 26.2 Å². The van der Waals surface area contributed by atoms with Crippen molar-refractivity contribution >= 4 is 0 Å². The predicted octanol–water partition coefficient (Wildman–Crippen LogP) is 2.64. The third kappa shape index (κ3) is 4.44. The molecule has 0 amide bonds. The number of likely N-dealkylation sites (tertiary alicyclic amines) is 1. The van der Waals surface area contributed by atoms with E-state index in [1.54, 1.807) is 0 Å². The second-order valence-electron chi connectivity index (χ2n) is 6.71. The van der Waals surface area contributed by atoms with Gasteiger partial charge < -0.3 is 10.5 Å². The summed E-state index contributed by atoms with van der Waals surface area (Å²) in [6.45, 7) is 8.92. The Labute approximate surface area is 118 Å². The topological polar surface area (TPSA) is 38.5 Å². The van der Waals surface area contributed by atoms with E-state index >= 15 is 0 Å². The number of nitrogens with two attached hydrogens (primary N) is 1. The molecule has 3 nitrogen and oxygen atoms in total. The van der Waals surface area contributed by atoms with Crippen molar-refractivity contribution in [3.05, 3.63) is 0 Å². The summed E-state index contributed by atoms with van der Waals surface area (Å²) in [6.07, 6.45) is 8.15. The molecule has 112 valence electrons. The molecule has 0 spiro atoms. The average molecular weight is 268 g/mol. The average Bonchev–Trinajstić information content (AvgIpc) is 2.43. The molecule has 1 heterocycles. The van der Waals surface area contributed by atoms with E-state index in [4.69, 9.17) is 10.5 Å². The van der Waals surface area contributed by atoms with Crippen molar-refractivity contribution in [1.82, 2.24) is 4.90 Å². The standard InChI is InChI=1S/C16H32N2O/c1-13-4-5-14(2)16(12-13)18-9-6-15(7-10-18)19-11-3-8-17/h13-16H,3-12,17H2,1-2H3. The van der Waals surface area contributed by atoms with Crippen LogP contribution in [-0.4, -0.2) is 43.3 Å². The molecule has 1 saturated heterocycles. The summed E-state index contributed by atoms with van der Waals surface area (Å²) in [5.41, 5.74) is 5.50. The van der Waals surface area contributed by atoms with E-state index in [1.807, 2.05) is 0 Å². The molecule has 1 aliphatic heterocycles. The van der Waals surface area contributed by atoms with Gasteiger partial charge in [0.05, 0.1) is 6.10 Å². The van der Waals surface area contributed by atoms with Gasteiger partial charge in [0.1, 0.15) is 0 Å². The first-order valence-electron chi connectivity index (χ1n) is 8.26. The summed E-state index contributed by atoms with van der Waals surface area (Å²) in [4.78, 5) is 2.74. The zero-order chi connectivity index (χ0) is 13.7. The Bertz CT molecular complexity index is 251. The minimum absolute atomic E-state index is 0.485. The Kier molecular flexibility index (Phi) is 6.11. The van der Waals surface area contributed by atoms with E-state index in [0.717, 1.165) is 37.5 Å². The maximum Gasteiger partial charge on any atom is 0.0599 e. The van der Waals surface area contributed by atoms with E-state index in [1.165, 1.54) is 45.2 Å². The molecule has 0 radical (unpaired) electrons. The number of ether oxygens (including phenoxy) is 1. The summed E-state index contributed by atoms with van der Waals surface area (Å²) >= 11 is 0. The number of rotatable bonds is 5. The third-order valence-corrected chi connectivity index (χ3v) is 5.06. The fraction of sp³-hybridized carbons (Fsp3) is 1.00. The van der Waals surface area contributed by atoms with Gasteiger partial charge in [-0.1, -0.05) is 20.3 Å². The van der Waals surface area contributed by atoms with Crippen molar-refractivity contribution in [1.29, 1.82) is 0 Å². The molecular formula is C16H32N2O. The largest absolute Gasteiger partial charge is 0.378 e. The maximum atomic E-state index is 5.90. The van der Waals surface area contributed by atoms with Gasteiger partial charge in [-0.2, -0.15) is 0 Å². The Morgan fingerprint density at radius 3 is 2.53 bits per heavy atom. The summed E-state index contributed by atoms with van der Waals surface area (Å²) in [5, 5.41) is 0. The van der Waals surface area contributed by atoms with Crippen LogP contribution in [0.4, 0.5) is 0 Å². The molecule has 3 atom stereocenters. The van der Waals surface area contributed by atoms with E-state index < -0.39 is 0 Å². The van der Waals surface area contributed by atoms with Crippen molar-refractivity contribution in [3.8, 4) is 0 Å². The van der Waals surface area contributed by atoms with Crippen molar-refractivity contribution in [3.63, 3.8) is 0 Å². The Morgan fingerprint density at radius 1 is 1.11 bits per heavy atom. The number of nitrogens with zero attached hydrogens (tertiary/aromatic N) is 1. The van der Waals surface area contributed by atoms with Crippen LogP contribution in [0.3, 0.4) is 0 Å². The molecule has 2 N–H and O–H groups in total. The summed E-state index contributed by atoms with van der Waals surface area (Å²) < 4.78 is 5.90. The molecular weight excluding hydrogens is 236 g/mol. The van der Waals surface area contributed by atoms with Crippen LogP contribution < -0.4 is 5.73 Å². The predicted molar refractivity (Wildman–Crippen MR) is 80.2 cm³/mol. The molecule has 1 aliphatic carbocycles. The molecule has 0 aromatic rings. The van der Waals surface area contributed by atoms with Crippen LogP contribution in [0, 0.1) is 11.8 Å². The molecule has 2 rings (SSSR count). The highest BCUT2D eigenvalue weighted by atomic mass is 16.5. The van der Waals surface area contributed by atoms with Crippen LogP contribution >= 0.6 is 0 Å². The third-order valence-electron chi connectivity index (χ3n) is 5.06. The van der Waals surface area contributed by atoms with Gasteiger partial charge in [0.25, 0.3) is 0 Å². The lowest BCUT2D eigenvalue weighted by Gasteiger charge is -2.44. The highest BCUT2D eigenvalue weighted by Crippen LogP contribution is 2.33. The molecule has 3 unspecified atom stereocenters. The minimum Gasteiger partial charge on any atom is -0.378 e. The molecule has 0 aromatic carbocycles. The molecule has 2 fully saturated rings. The molecule has 1 saturated carbocycles. The van der Waals surface area contributed by atoms with Gasteiger partial charge in [0, 0.05) is 25.7 Å². The minimum atomic E-state index is 0.485. The first-order chi connectivity index (χ1) is 9.20. The van der Waals surface area contributed by atoms with Crippen molar-refractivity contribution in [2.45, 2.75) is 64.5 Å². The molecule has 3 heteroatoms. The molecule has 2 aliphatic rings. The van der Waals surface area contributed by atoms with E-state index in [0.29, 0.717) is 6.10 Å².